The summed E-state index contributed by atoms with van der Waals surface area (Å²) in [6, 6.07) is 0.338. The highest BCUT2D eigenvalue weighted by molar-refractivity contribution is 5.75. The molecule has 0 bridgehead atoms. The van der Waals surface area contributed by atoms with E-state index in [2.05, 4.69) is 15.6 Å². The predicted molar refractivity (Wildman–Crippen MR) is 77.0 cm³/mol. The van der Waals surface area contributed by atoms with E-state index in [1.54, 1.807) is 4.68 Å². The van der Waals surface area contributed by atoms with E-state index in [1.807, 2.05) is 6.20 Å². The Bertz CT molecular complexity index is 409. The SMILES string of the molecule is NCCCc1cn(CC(=O)NC2CCCCCC2)nn1. The molecular formula is C14H25N5O. The first-order chi connectivity index (χ1) is 9.78. The molecule has 3 N–H and O–H groups in total. The average molecular weight is 279 g/mol. The van der Waals surface area contributed by atoms with Gasteiger partial charge in [-0.3, -0.25) is 4.79 Å². The molecule has 0 aromatic carbocycles. The maximum Gasteiger partial charge on any atom is 0.242 e. The molecule has 6 nitrogen and oxygen atoms in total. The third-order valence-corrected chi connectivity index (χ3v) is 3.75. The molecule has 0 unspecified atom stereocenters. The fourth-order valence-electron chi connectivity index (χ4n) is 2.66. The predicted octanol–water partition coefficient (Wildman–Crippen LogP) is 1.01. The molecular weight excluding hydrogens is 254 g/mol. The van der Waals surface area contributed by atoms with Crippen molar-refractivity contribution in [3.8, 4) is 0 Å². The molecule has 0 aliphatic heterocycles. The standard InChI is InChI=1S/C14H25N5O/c15-9-5-8-13-10-19(18-17-13)11-14(20)16-12-6-3-1-2-4-7-12/h10,12H,1-9,11,15H2,(H,16,20). The van der Waals surface area contributed by atoms with Gasteiger partial charge in [0.1, 0.15) is 6.54 Å². The van der Waals surface area contributed by atoms with Crippen LogP contribution in [0.1, 0.15) is 50.6 Å². The zero-order valence-electron chi connectivity index (χ0n) is 12.1. The van der Waals surface area contributed by atoms with Gasteiger partial charge in [-0.2, -0.15) is 0 Å². The maximum atomic E-state index is 12.0. The average Bonchev–Trinajstić information content (AvgIpc) is 2.70. The van der Waals surface area contributed by atoms with Crippen molar-refractivity contribution in [2.45, 2.75) is 64.0 Å². The molecule has 0 atom stereocenters. The molecule has 1 aliphatic rings. The number of hydrogen-bond acceptors (Lipinski definition) is 4. The van der Waals surface area contributed by atoms with Gasteiger partial charge >= 0.3 is 0 Å². The summed E-state index contributed by atoms with van der Waals surface area (Å²) in [6.45, 7) is 0.904. The Morgan fingerprint density at radius 2 is 2.10 bits per heavy atom. The molecule has 6 heteroatoms. The monoisotopic (exact) mass is 279 g/mol. The van der Waals surface area contributed by atoms with E-state index >= 15 is 0 Å². The van der Waals surface area contributed by atoms with Crippen LogP contribution in [0.5, 0.6) is 0 Å². The molecule has 1 aliphatic carbocycles. The second-order valence-electron chi connectivity index (χ2n) is 5.56. The van der Waals surface area contributed by atoms with Crippen LogP contribution >= 0.6 is 0 Å². The lowest BCUT2D eigenvalue weighted by Crippen LogP contribution is -2.36. The molecule has 1 aromatic rings. The number of hydrogen-bond donors (Lipinski definition) is 2. The first kappa shape index (κ1) is 15.0. The lowest BCUT2D eigenvalue weighted by molar-refractivity contribution is -0.122. The van der Waals surface area contributed by atoms with Crippen molar-refractivity contribution in [2.75, 3.05) is 6.54 Å². The Kier molecular flexibility index (Phi) is 5.98. The number of carbonyl (C=O) groups is 1. The van der Waals surface area contributed by atoms with Crippen LogP contribution in [0.15, 0.2) is 6.20 Å². The Morgan fingerprint density at radius 1 is 1.35 bits per heavy atom. The zero-order chi connectivity index (χ0) is 14.2. The van der Waals surface area contributed by atoms with Gasteiger partial charge in [0.05, 0.1) is 5.69 Å². The summed E-state index contributed by atoms with van der Waals surface area (Å²) < 4.78 is 1.61. The van der Waals surface area contributed by atoms with Gasteiger partial charge in [-0.25, -0.2) is 4.68 Å². The van der Waals surface area contributed by atoms with Crippen molar-refractivity contribution in [3.05, 3.63) is 11.9 Å². The van der Waals surface area contributed by atoms with Crippen LogP contribution in [0.2, 0.25) is 0 Å². The van der Waals surface area contributed by atoms with Gasteiger partial charge in [-0.1, -0.05) is 30.9 Å². The fraction of sp³-hybridized carbons (Fsp3) is 0.786. The minimum absolute atomic E-state index is 0.0344. The molecule has 0 radical (unpaired) electrons. The second kappa shape index (κ2) is 7.99. The molecule has 20 heavy (non-hydrogen) atoms. The van der Waals surface area contributed by atoms with Crippen molar-refractivity contribution in [1.82, 2.24) is 20.3 Å². The maximum absolute atomic E-state index is 12.0. The molecule has 1 amide bonds. The van der Waals surface area contributed by atoms with Crippen molar-refractivity contribution in [1.29, 1.82) is 0 Å². The number of amides is 1. The van der Waals surface area contributed by atoms with E-state index in [-0.39, 0.29) is 12.5 Å². The van der Waals surface area contributed by atoms with Gasteiger partial charge in [-0.05, 0) is 32.2 Å². The summed E-state index contributed by atoms with van der Waals surface area (Å²) in [5.74, 6) is 0.0344. The van der Waals surface area contributed by atoms with E-state index in [4.69, 9.17) is 5.73 Å². The van der Waals surface area contributed by atoms with Crippen molar-refractivity contribution < 1.29 is 4.79 Å². The largest absolute Gasteiger partial charge is 0.352 e. The highest BCUT2D eigenvalue weighted by atomic mass is 16.2. The molecule has 1 saturated carbocycles. The summed E-state index contributed by atoms with van der Waals surface area (Å²) in [4.78, 5) is 12.0. The lowest BCUT2D eigenvalue weighted by atomic mass is 10.1. The molecule has 1 aromatic heterocycles. The minimum atomic E-state index is 0.0344. The number of aromatic nitrogens is 3. The third-order valence-electron chi connectivity index (χ3n) is 3.75. The molecule has 2 rings (SSSR count). The quantitative estimate of drug-likeness (QED) is 0.761. The lowest BCUT2D eigenvalue weighted by Gasteiger charge is -2.15. The van der Waals surface area contributed by atoms with Crippen LogP contribution in [0, 0.1) is 0 Å². The third kappa shape index (κ3) is 4.92. The van der Waals surface area contributed by atoms with Crippen LogP contribution in [-0.4, -0.2) is 33.5 Å². The number of rotatable bonds is 6. The van der Waals surface area contributed by atoms with Gasteiger partial charge in [0.25, 0.3) is 0 Å². The van der Waals surface area contributed by atoms with Gasteiger partial charge < -0.3 is 11.1 Å². The van der Waals surface area contributed by atoms with E-state index in [9.17, 15) is 4.79 Å². The molecule has 1 fully saturated rings. The van der Waals surface area contributed by atoms with E-state index < -0.39 is 0 Å². The fourth-order valence-corrected chi connectivity index (χ4v) is 2.66. The van der Waals surface area contributed by atoms with Crippen LogP contribution < -0.4 is 11.1 Å². The first-order valence-electron chi connectivity index (χ1n) is 7.66. The van der Waals surface area contributed by atoms with E-state index in [1.165, 1.54) is 25.7 Å². The Balaban J connectivity index is 1.76. The molecule has 112 valence electrons. The van der Waals surface area contributed by atoms with Crippen molar-refractivity contribution in [3.63, 3.8) is 0 Å². The molecule has 0 saturated heterocycles. The van der Waals surface area contributed by atoms with E-state index in [0.29, 0.717) is 12.6 Å². The van der Waals surface area contributed by atoms with Gasteiger partial charge in [0.15, 0.2) is 0 Å². The smallest absolute Gasteiger partial charge is 0.242 e. The summed E-state index contributed by atoms with van der Waals surface area (Å²) in [5.41, 5.74) is 6.36. The number of nitrogens with zero attached hydrogens (tertiary/aromatic N) is 3. The molecule has 0 spiro atoms. The first-order valence-corrected chi connectivity index (χ1v) is 7.66. The van der Waals surface area contributed by atoms with E-state index in [0.717, 1.165) is 31.4 Å². The van der Waals surface area contributed by atoms with Crippen molar-refractivity contribution >= 4 is 5.91 Å². The second-order valence-corrected chi connectivity index (χ2v) is 5.56. The summed E-state index contributed by atoms with van der Waals surface area (Å²) >= 11 is 0. The van der Waals surface area contributed by atoms with Crippen LogP contribution in [0.4, 0.5) is 0 Å². The normalized spacial score (nSPS) is 16.9. The Hall–Kier alpha value is -1.43. The summed E-state index contributed by atoms with van der Waals surface area (Å²) in [7, 11) is 0. The Labute approximate surface area is 120 Å². The summed E-state index contributed by atoms with van der Waals surface area (Å²) in [6.07, 6.45) is 10.8. The van der Waals surface area contributed by atoms with Crippen LogP contribution in [0.3, 0.4) is 0 Å². The number of nitrogens with two attached hydrogens (primary N) is 1. The minimum Gasteiger partial charge on any atom is -0.352 e. The van der Waals surface area contributed by atoms with Gasteiger partial charge in [-0.15, -0.1) is 5.10 Å². The number of aryl methyl sites for hydroxylation is 1. The van der Waals surface area contributed by atoms with Gasteiger partial charge in [0, 0.05) is 12.2 Å². The highest BCUT2D eigenvalue weighted by Crippen LogP contribution is 2.17. The molecule has 1 heterocycles. The number of nitrogens with one attached hydrogen (secondary N) is 1. The topological polar surface area (TPSA) is 85.8 Å². The van der Waals surface area contributed by atoms with Crippen LogP contribution in [-0.2, 0) is 17.8 Å². The Morgan fingerprint density at radius 3 is 2.80 bits per heavy atom. The summed E-state index contributed by atoms with van der Waals surface area (Å²) in [5, 5.41) is 11.1. The number of carbonyl (C=O) groups excluding carboxylic acids is 1. The van der Waals surface area contributed by atoms with Crippen molar-refractivity contribution in [2.24, 2.45) is 5.73 Å². The zero-order valence-corrected chi connectivity index (χ0v) is 12.1. The van der Waals surface area contributed by atoms with Gasteiger partial charge in [0.2, 0.25) is 5.91 Å². The highest BCUT2D eigenvalue weighted by Gasteiger charge is 2.15. The van der Waals surface area contributed by atoms with Crippen LogP contribution in [0.25, 0.3) is 0 Å².